The Balaban J connectivity index is 2.56. The first-order valence-corrected chi connectivity index (χ1v) is 6.26. The fraction of sp³-hybridized carbons (Fsp3) is 0.833. The number of likely N-dealkylation sites (N-methyl/N-ethyl adjacent to an activating group) is 1. The monoisotopic (exact) mass is 242 g/mol. The lowest BCUT2D eigenvalue weighted by Gasteiger charge is -2.28. The van der Waals surface area contributed by atoms with Crippen molar-refractivity contribution in [1.82, 2.24) is 9.80 Å². The van der Waals surface area contributed by atoms with Gasteiger partial charge < -0.3 is 10.0 Å². The molecule has 1 amide bonds. The van der Waals surface area contributed by atoms with Crippen molar-refractivity contribution in [3.63, 3.8) is 0 Å². The minimum atomic E-state index is -0.755. The van der Waals surface area contributed by atoms with Gasteiger partial charge in [-0.25, -0.2) is 0 Å². The largest absolute Gasteiger partial charge is 0.481 e. The van der Waals surface area contributed by atoms with Gasteiger partial charge in [0, 0.05) is 19.6 Å². The van der Waals surface area contributed by atoms with Crippen LogP contribution >= 0.6 is 0 Å². The van der Waals surface area contributed by atoms with Gasteiger partial charge in [-0.3, -0.25) is 14.5 Å². The first-order valence-electron chi connectivity index (χ1n) is 6.26. The van der Waals surface area contributed by atoms with Crippen LogP contribution in [-0.4, -0.2) is 59.0 Å². The van der Waals surface area contributed by atoms with Crippen LogP contribution in [0.3, 0.4) is 0 Å². The van der Waals surface area contributed by atoms with E-state index in [1.807, 2.05) is 25.7 Å². The molecule has 1 aliphatic heterocycles. The zero-order valence-corrected chi connectivity index (χ0v) is 10.8. The molecule has 0 aromatic carbocycles. The minimum Gasteiger partial charge on any atom is -0.481 e. The SMILES string of the molecule is CCN(CC)C(=O)C(C)N1CCC(C(=O)O)C1. The molecule has 1 saturated heterocycles. The van der Waals surface area contributed by atoms with Crippen molar-refractivity contribution in [2.24, 2.45) is 5.92 Å². The molecular weight excluding hydrogens is 220 g/mol. The van der Waals surface area contributed by atoms with E-state index in [1.165, 1.54) is 0 Å². The highest BCUT2D eigenvalue weighted by Gasteiger charge is 2.34. The Morgan fingerprint density at radius 3 is 2.41 bits per heavy atom. The maximum Gasteiger partial charge on any atom is 0.307 e. The quantitative estimate of drug-likeness (QED) is 0.769. The van der Waals surface area contributed by atoms with Gasteiger partial charge in [-0.05, 0) is 33.7 Å². The summed E-state index contributed by atoms with van der Waals surface area (Å²) >= 11 is 0. The maximum absolute atomic E-state index is 12.1. The van der Waals surface area contributed by atoms with Gasteiger partial charge in [-0.15, -0.1) is 0 Å². The molecule has 2 unspecified atom stereocenters. The van der Waals surface area contributed by atoms with E-state index >= 15 is 0 Å². The summed E-state index contributed by atoms with van der Waals surface area (Å²) in [5.41, 5.74) is 0. The Bertz CT molecular complexity index is 289. The summed E-state index contributed by atoms with van der Waals surface area (Å²) in [7, 11) is 0. The number of carbonyl (C=O) groups is 2. The fourth-order valence-corrected chi connectivity index (χ4v) is 2.30. The first-order chi connectivity index (χ1) is 8.01. The number of rotatable bonds is 5. The summed E-state index contributed by atoms with van der Waals surface area (Å²) in [6.07, 6.45) is 0.644. The number of carboxylic acids is 1. The van der Waals surface area contributed by atoms with Gasteiger partial charge in [-0.2, -0.15) is 0 Å². The van der Waals surface area contributed by atoms with E-state index in [0.717, 1.165) is 0 Å². The molecule has 0 radical (unpaired) electrons. The minimum absolute atomic E-state index is 0.0982. The molecule has 0 aromatic rings. The van der Waals surface area contributed by atoms with Crippen molar-refractivity contribution in [3.05, 3.63) is 0 Å². The highest BCUT2D eigenvalue weighted by molar-refractivity contribution is 5.81. The summed E-state index contributed by atoms with van der Waals surface area (Å²) < 4.78 is 0. The number of aliphatic carboxylic acids is 1. The molecule has 98 valence electrons. The lowest BCUT2D eigenvalue weighted by molar-refractivity contribution is -0.142. The van der Waals surface area contributed by atoms with Crippen LogP contribution < -0.4 is 0 Å². The van der Waals surface area contributed by atoms with Gasteiger partial charge >= 0.3 is 5.97 Å². The van der Waals surface area contributed by atoms with E-state index < -0.39 is 5.97 Å². The predicted molar refractivity (Wildman–Crippen MR) is 64.7 cm³/mol. The second-order valence-corrected chi connectivity index (χ2v) is 4.51. The number of carbonyl (C=O) groups excluding carboxylic acids is 1. The van der Waals surface area contributed by atoms with E-state index in [2.05, 4.69) is 0 Å². The van der Waals surface area contributed by atoms with Gasteiger partial charge in [0.25, 0.3) is 0 Å². The average Bonchev–Trinajstić information content (AvgIpc) is 2.78. The van der Waals surface area contributed by atoms with Gasteiger partial charge in [0.1, 0.15) is 0 Å². The van der Waals surface area contributed by atoms with E-state index in [4.69, 9.17) is 5.11 Å². The van der Waals surface area contributed by atoms with Crippen LogP contribution in [0.5, 0.6) is 0 Å². The Kier molecular flexibility index (Phi) is 4.93. The molecule has 5 heteroatoms. The standard InChI is InChI=1S/C12H22N2O3/c1-4-13(5-2)11(15)9(3)14-7-6-10(8-14)12(16)17/h9-10H,4-8H2,1-3H3,(H,16,17). The van der Waals surface area contributed by atoms with E-state index in [1.54, 1.807) is 4.90 Å². The van der Waals surface area contributed by atoms with Crippen LogP contribution in [0.2, 0.25) is 0 Å². The number of carboxylic acid groups (broad SMARTS) is 1. The Morgan fingerprint density at radius 1 is 1.41 bits per heavy atom. The maximum atomic E-state index is 12.1. The molecule has 0 bridgehead atoms. The zero-order chi connectivity index (χ0) is 13.0. The van der Waals surface area contributed by atoms with Gasteiger partial charge in [0.15, 0.2) is 0 Å². The molecule has 1 rings (SSSR count). The Labute approximate surface area is 102 Å². The second-order valence-electron chi connectivity index (χ2n) is 4.51. The molecule has 1 N–H and O–H groups in total. The first kappa shape index (κ1) is 14.0. The van der Waals surface area contributed by atoms with Crippen molar-refractivity contribution in [2.75, 3.05) is 26.2 Å². The number of amides is 1. The van der Waals surface area contributed by atoms with E-state index in [9.17, 15) is 9.59 Å². The number of hydrogen-bond acceptors (Lipinski definition) is 3. The van der Waals surface area contributed by atoms with Crippen molar-refractivity contribution in [3.8, 4) is 0 Å². The lowest BCUT2D eigenvalue weighted by Crippen LogP contribution is -2.46. The smallest absolute Gasteiger partial charge is 0.307 e. The van der Waals surface area contributed by atoms with Crippen LogP contribution in [0.15, 0.2) is 0 Å². The van der Waals surface area contributed by atoms with Crippen LogP contribution in [-0.2, 0) is 9.59 Å². The Hall–Kier alpha value is -1.10. The van der Waals surface area contributed by atoms with Crippen LogP contribution in [0.25, 0.3) is 0 Å². The van der Waals surface area contributed by atoms with Crippen molar-refractivity contribution in [2.45, 2.75) is 33.2 Å². The molecule has 1 aliphatic rings. The number of hydrogen-bond donors (Lipinski definition) is 1. The van der Waals surface area contributed by atoms with Gasteiger partial charge in [0.2, 0.25) is 5.91 Å². The van der Waals surface area contributed by atoms with Crippen molar-refractivity contribution >= 4 is 11.9 Å². The third-order valence-electron chi connectivity index (χ3n) is 3.55. The number of nitrogens with zero attached hydrogens (tertiary/aromatic N) is 2. The fourth-order valence-electron chi connectivity index (χ4n) is 2.30. The van der Waals surface area contributed by atoms with Crippen LogP contribution in [0.1, 0.15) is 27.2 Å². The topological polar surface area (TPSA) is 60.9 Å². The highest BCUT2D eigenvalue weighted by Crippen LogP contribution is 2.19. The lowest BCUT2D eigenvalue weighted by atomic mass is 10.1. The van der Waals surface area contributed by atoms with Crippen LogP contribution in [0, 0.1) is 5.92 Å². The molecule has 1 fully saturated rings. The second kappa shape index (κ2) is 6.00. The highest BCUT2D eigenvalue weighted by atomic mass is 16.4. The molecule has 0 saturated carbocycles. The molecule has 17 heavy (non-hydrogen) atoms. The Morgan fingerprint density at radius 2 is 2.00 bits per heavy atom. The van der Waals surface area contributed by atoms with Gasteiger partial charge in [0.05, 0.1) is 12.0 Å². The van der Waals surface area contributed by atoms with E-state index in [0.29, 0.717) is 32.6 Å². The summed E-state index contributed by atoms with van der Waals surface area (Å²) in [5.74, 6) is -0.974. The molecular formula is C12H22N2O3. The average molecular weight is 242 g/mol. The van der Waals surface area contributed by atoms with Crippen LogP contribution in [0.4, 0.5) is 0 Å². The normalized spacial score (nSPS) is 22.4. The molecule has 2 atom stereocenters. The van der Waals surface area contributed by atoms with Crippen molar-refractivity contribution < 1.29 is 14.7 Å². The third kappa shape index (κ3) is 3.19. The third-order valence-corrected chi connectivity index (χ3v) is 3.55. The van der Waals surface area contributed by atoms with Crippen molar-refractivity contribution in [1.29, 1.82) is 0 Å². The summed E-state index contributed by atoms with van der Waals surface area (Å²) in [4.78, 5) is 26.7. The van der Waals surface area contributed by atoms with Gasteiger partial charge in [-0.1, -0.05) is 0 Å². The molecule has 0 spiro atoms. The summed E-state index contributed by atoms with van der Waals surface area (Å²) in [6.45, 7) is 8.38. The molecule has 0 aliphatic carbocycles. The molecule has 0 aromatic heterocycles. The molecule has 5 nitrogen and oxygen atoms in total. The van der Waals surface area contributed by atoms with E-state index in [-0.39, 0.29) is 17.9 Å². The number of likely N-dealkylation sites (tertiary alicyclic amines) is 1. The predicted octanol–water partition coefficient (Wildman–Crippen LogP) is 0.650. The molecule has 1 heterocycles. The zero-order valence-electron chi connectivity index (χ0n) is 10.8. The summed E-state index contributed by atoms with van der Waals surface area (Å²) in [5, 5.41) is 8.93. The summed E-state index contributed by atoms with van der Waals surface area (Å²) in [6, 6.07) is -0.209.